The van der Waals surface area contributed by atoms with Gasteiger partial charge in [0.15, 0.2) is 0 Å². The summed E-state index contributed by atoms with van der Waals surface area (Å²) in [4.78, 5) is 42.2. The van der Waals surface area contributed by atoms with Gasteiger partial charge in [-0.05, 0) is 37.0 Å². The molecule has 156 valence electrons. The number of nitrogens with zero attached hydrogens (tertiary/aromatic N) is 2. The van der Waals surface area contributed by atoms with Crippen LogP contribution in [0.5, 0.6) is 0 Å². The minimum absolute atomic E-state index is 0.0685. The molecule has 6 heteroatoms. The van der Waals surface area contributed by atoms with Gasteiger partial charge in [-0.25, -0.2) is 4.79 Å². The molecular weight excluding hydrogens is 368 g/mol. The molecule has 2 aliphatic carbocycles. The SMILES string of the molecule is CN(C)c1ccc(C2C3C(=O)CCC3C(C(=O)O)N2C(=O)C2CCCCC2)cc1. The standard InChI is InChI=1S/C23H30N2O4/c1-24(2)16-10-8-14(9-11-16)20-19-17(12-13-18(19)26)21(23(28)29)25(20)22(27)15-6-4-3-5-7-15/h8-11,15,17,19-21H,3-7,12-13H2,1-2H3,(H,28,29). The number of carbonyl (C=O) groups is 3. The molecule has 4 unspecified atom stereocenters. The molecule has 3 fully saturated rings. The van der Waals surface area contributed by atoms with Crippen molar-refractivity contribution in [3.05, 3.63) is 29.8 Å². The van der Waals surface area contributed by atoms with Crippen LogP contribution in [-0.4, -0.2) is 47.8 Å². The molecule has 1 saturated heterocycles. The van der Waals surface area contributed by atoms with E-state index in [2.05, 4.69) is 0 Å². The number of benzene rings is 1. The number of hydrogen-bond acceptors (Lipinski definition) is 4. The second kappa shape index (κ2) is 7.81. The van der Waals surface area contributed by atoms with Crippen molar-refractivity contribution in [1.82, 2.24) is 4.90 Å². The van der Waals surface area contributed by atoms with Crippen molar-refractivity contribution in [3.8, 4) is 0 Å². The van der Waals surface area contributed by atoms with Gasteiger partial charge in [0.25, 0.3) is 0 Å². The van der Waals surface area contributed by atoms with Crippen molar-refractivity contribution in [1.29, 1.82) is 0 Å². The van der Waals surface area contributed by atoms with E-state index in [4.69, 9.17) is 0 Å². The normalized spacial score (nSPS) is 29.7. The van der Waals surface area contributed by atoms with Gasteiger partial charge in [0.05, 0.1) is 6.04 Å². The van der Waals surface area contributed by atoms with Crippen LogP contribution in [0.25, 0.3) is 0 Å². The first-order chi connectivity index (χ1) is 13.9. The van der Waals surface area contributed by atoms with Gasteiger partial charge in [0, 0.05) is 44.0 Å². The van der Waals surface area contributed by atoms with Crippen molar-refractivity contribution >= 4 is 23.3 Å². The Hall–Kier alpha value is -2.37. The zero-order chi connectivity index (χ0) is 20.7. The monoisotopic (exact) mass is 398 g/mol. The molecule has 0 spiro atoms. The van der Waals surface area contributed by atoms with Gasteiger partial charge in [-0.3, -0.25) is 9.59 Å². The molecule has 1 N–H and O–H groups in total. The first kappa shape index (κ1) is 19.9. The van der Waals surface area contributed by atoms with Gasteiger partial charge >= 0.3 is 5.97 Å². The summed E-state index contributed by atoms with van der Waals surface area (Å²) in [6.07, 6.45) is 5.75. The van der Waals surface area contributed by atoms with Crippen LogP contribution in [0.3, 0.4) is 0 Å². The highest BCUT2D eigenvalue weighted by molar-refractivity contribution is 5.92. The van der Waals surface area contributed by atoms with E-state index in [1.54, 1.807) is 4.90 Å². The topological polar surface area (TPSA) is 77.9 Å². The van der Waals surface area contributed by atoms with E-state index >= 15 is 0 Å². The maximum absolute atomic E-state index is 13.6. The number of aliphatic carboxylic acids is 1. The average Bonchev–Trinajstić information content (AvgIpc) is 3.26. The lowest BCUT2D eigenvalue weighted by molar-refractivity contribution is -0.153. The smallest absolute Gasteiger partial charge is 0.326 e. The number of carboxylic acids is 1. The third-order valence-corrected chi connectivity index (χ3v) is 7.12. The van der Waals surface area contributed by atoms with E-state index in [0.29, 0.717) is 12.8 Å². The summed E-state index contributed by atoms with van der Waals surface area (Å²) in [7, 11) is 3.92. The summed E-state index contributed by atoms with van der Waals surface area (Å²) < 4.78 is 0. The molecule has 2 saturated carbocycles. The Morgan fingerprint density at radius 3 is 2.28 bits per heavy atom. The summed E-state index contributed by atoms with van der Waals surface area (Å²) in [5.74, 6) is -1.77. The molecule has 0 bridgehead atoms. The van der Waals surface area contributed by atoms with Crippen LogP contribution >= 0.6 is 0 Å². The van der Waals surface area contributed by atoms with Crippen LogP contribution in [0.4, 0.5) is 5.69 Å². The molecule has 4 atom stereocenters. The van der Waals surface area contributed by atoms with Gasteiger partial charge in [0.2, 0.25) is 5.91 Å². The largest absolute Gasteiger partial charge is 0.480 e. The first-order valence-corrected chi connectivity index (χ1v) is 10.7. The van der Waals surface area contributed by atoms with Crippen LogP contribution in [0, 0.1) is 17.8 Å². The van der Waals surface area contributed by atoms with Crippen molar-refractivity contribution in [3.63, 3.8) is 0 Å². The summed E-state index contributed by atoms with van der Waals surface area (Å²) in [6, 6.07) is 6.48. The minimum Gasteiger partial charge on any atom is -0.480 e. The number of fused-ring (bicyclic) bond motifs is 1. The fraction of sp³-hybridized carbons (Fsp3) is 0.609. The Kier molecular flexibility index (Phi) is 5.36. The lowest BCUT2D eigenvalue weighted by atomic mass is 9.86. The zero-order valence-corrected chi connectivity index (χ0v) is 17.2. The number of hydrogen-bond donors (Lipinski definition) is 1. The number of carbonyl (C=O) groups excluding carboxylic acids is 2. The number of likely N-dealkylation sites (tertiary alicyclic amines) is 1. The second-order valence-corrected chi connectivity index (χ2v) is 8.99. The highest BCUT2D eigenvalue weighted by Crippen LogP contribution is 2.52. The minimum atomic E-state index is -0.980. The van der Waals surface area contributed by atoms with Crippen molar-refractivity contribution in [2.75, 3.05) is 19.0 Å². The average molecular weight is 399 g/mol. The van der Waals surface area contributed by atoms with Gasteiger partial charge < -0.3 is 14.9 Å². The van der Waals surface area contributed by atoms with Gasteiger partial charge in [-0.15, -0.1) is 0 Å². The molecule has 6 nitrogen and oxygen atoms in total. The molecule has 0 aromatic heterocycles. The number of ketones is 1. The molecule has 3 aliphatic rings. The molecule has 29 heavy (non-hydrogen) atoms. The Bertz CT molecular complexity index is 798. The number of amides is 1. The molecule has 1 aromatic carbocycles. The molecule has 0 radical (unpaired) electrons. The summed E-state index contributed by atoms with van der Waals surface area (Å²) >= 11 is 0. The Morgan fingerprint density at radius 1 is 1.03 bits per heavy atom. The number of carboxylic acid groups (broad SMARTS) is 1. The lowest BCUT2D eigenvalue weighted by Crippen LogP contribution is -2.47. The summed E-state index contributed by atoms with van der Waals surface area (Å²) in [6.45, 7) is 0. The Balaban J connectivity index is 1.75. The maximum Gasteiger partial charge on any atom is 0.326 e. The van der Waals surface area contributed by atoms with Gasteiger partial charge in [0.1, 0.15) is 11.8 Å². The predicted molar refractivity (Wildman–Crippen MR) is 110 cm³/mol. The van der Waals surface area contributed by atoms with E-state index in [0.717, 1.165) is 43.4 Å². The number of rotatable bonds is 4. The van der Waals surface area contributed by atoms with Gasteiger partial charge in [-0.2, -0.15) is 0 Å². The third kappa shape index (κ3) is 3.43. The Labute approximate surface area is 171 Å². The quantitative estimate of drug-likeness (QED) is 0.842. The van der Waals surface area contributed by atoms with Crippen molar-refractivity contribution in [2.24, 2.45) is 17.8 Å². The maximum atomic E-state index is 13.6. The van der Waals surface area contributed by atoms with E-state index < -0.39 is 24.0 Å². The van der Waals surface area contributed by atoms with E-state index in [9.17, 15) is 19.5 Å². The van der Waals surface area contributed by atoms with E-state index in [1.165, 1.54) is 0 Å². The van der Waals surface area contributed by atoms with Gasteiger partial charge in [-0.1, -0.05) is 31.4 Å². The highest BCUT2D eigenvalue weighted by atomic mass is 16.4. The van der Waals surface area contributed by atoms with Crippen LogP contribution in [0.2, 0.25) is 0 Å². The molecular formula is C23H30N2O4. The fourth-order valence-electron chi connectivity index (χ4n) is 5.68. The third-order valence-electron chi connectivity index (χ3n) is 7.12. The number of anilines is 1. The van der Waals surface area contributed by atoms with E-state index in [-0.39, 0.29) is 23.5 Å². The predicted octanol–water partition coefficient (Wildman–Crippen LogP) is 3.26. The van der Waals surface area contributed by atoms with Crippen LogP contribution in [0.1, 0.15) is 56.6 Å². The zero-order valence-electron chi connectivity index (χ0n) is 17.2. The molecule has 1 aliphatic heterocycles. The lowest BCUT2D eigenvalue weighted by Gasteiger charge is -2.35. The van der Waals surface area contributed by atoms with Crippen molar-refractivity contribution in [2.45, 2.75) is 57.0 Å². The molecule has 4 rings (SSSR count). The Morgan fingerprint density at radius 2 is 1.69 bits per heavy atom. The summed E-state index contributed by atoms with van der Waals surface area (Å²) in [5, 5.41) is 10.0. The van der Waals surface area contributed by atoms with Crippen molar-refractivity contribution < 1.29 is 19.5 Å². The van der Waals surface area contributed by atoms with Crippen LogP contribution in [0.15, 0.2) is 24.3 Å². The first-order valence-electron chi connectivity index (χ1n) is 10.7. The van der Waals surface area contributed by atoms with E-state index in [1.807, 2.05) is 43.3 Å². The van der Waals surface area contributed by atoms with Crippen LogP contribution < -0.4 is 4.90 Å². The molecule has 1 amide bonds. The second-order valence-electron chi connectivity index (χ2n) is 8.99. The summed E-state index contributed by atoms with van der Waals surface area (Å²) in [5.41, 5.74) is 1.90. The molecule has 1 aromatic rings. The number of Topliss-reactive ketones (excluding diaryl/α,β-unsaturated/α-hetero) is 1. The fourth-order valence-corrected chi connectivity index (χ4v) is 5.68. The highest BCUT2D eigenvalue weighted by Gasteiger charge is 2.59. The van der Waals surface area contributed by atoms with Crippen LogP contribution in [-0.2, 0) is 14.4 Å². The molecule has 1 heterocycles.